The van der Waals surface area contributed by atoms with Gasteiger partial charge >= 0.3 is 0 Å². The highest BCUT2D eigenvalue weighted by atomic mass is 32.2. The molecule has 0 fully saturated rings. The average molecular weight is 382 g/mol. The lowest BCUT2D eigenvalue weighted by Gasteiger charge is -2.12. The number of pyridine rings is 1. The molecule has 7 heteroatoms. The van der Waals surface area contributed by atoms with Gasteiger partial charge < -0.3 is 5.32 Å². The van der Waals surface area contributed by atoms with Crippen LogP contribution in [0.15, 0.2) is 60.0 Å². The number of hydrogen-bond donors (Lipinski definition) is 1. The minimum absolute atomic E-state index is 0.00840. The van der Waals surface area contributed by atoms with Gasteiger partial charge in [-0.2, -0.15) is 0 Å². The summed E-state index contributed by atoms with van der Waals surface area (Å²) in [7, 11) is 0. The van der Waals surface area contributed by atoms with E-state index in [9.17, 15) is 4.79 Å². The van der Waals surface area contributed by atoms with Crippen LogP contribution in [0.3, 0.4) is 0 Å². The number of thioether (sulfide) groups is 1. The van der Waals surface area contributed by atoms with Crippen molar-refractivity contribution in [1.29, 1.82) is 0 Å². The van der Waals surface area contributed by atoms with Gasteiger partial charge in [-0.05, 0) is 31.0 Å². The fourth-order valence-electron chi connectivity index (χ4n) is 2.57. The minimum Gasteiger partial charge on any atom is -0.353 e. The van der Waals surface area contributed by atoms with Crippen LogP contribution in [0.2, 0.25) is 0 Å². The third-order valence-corrected chi connectivity index (χ3v) is 5.16. The first-order valence-corrected chi connectivity index (χ1v) is 9.95. The number of aromatic nitrogens is 4. The van der Waals surface area contributed by atoms with Crippen molar-refractivity contribution in [3.8, 4) is 11.4 Å². The van der Waals surface area contributed by atoms with Gasteiger partial charge in [0.1, 0.15) is 0 Å². The van der Waals surface area contributed by atoms with Crippen molar-refractivity contribution in [2.45, 2.75) is 38.0 Å². The van der Waals surface area contributed by atoms with Crippen LogP contribution in [0.1, 0.15) is 25.8 Å². The first kappa shape index (κ1) is 19.1. The van der Waals surface area contributed by atoms with E-state index < -0.39 is 0 Å². The number of amides is 1. The lowest BCUT2D eigenvalue weighted by molar-refractivity contribution is -0.119. The van der Waals surface area contributed by atoms with Crippen LogP contribution < -0.4 is 5.32 Å². The van der Waals surface area contributed by atoms with E-state index in [-0.39, 0.29) is 11.9 Å². The van der Waals surface area contributed by atoms with Gasteiger partial charge in [-0.3, -0.25) is 14.3 Å². The molecule has 0 saturated carbocycles. The largest absolute Gasteiger partial charge is 0.353 e. The van der Waals surface area contributed by atoms with Crippen molar-refractivity contribution < 1.29 is 4.79 Å². The van der Waals surface area contributed by atoms with E-state index in [1.54, 1.807) is 12.4 Å². The second kappa shape index (κ2) is 9.32. The molecular weight excluding hydrogens is 358 g/mol. The molecule has 0 spiro atoms. The van der Waals surface area contributed by atoms with Gasteiger partial charge in [0.05, 0.1) is 12.3 Å². The molecule has 27 heavy (non-hydrogen) atoms. The molecule has 2 heterocycles. The SMILES string of the molecule is CCC(C)NC(=O)CSc1nnc(-c2ccncc2)n1Cc1ccccc1. The summed E-state index contributed by atoms with van der Waals surface area (Å²) in [6.45, 7) is 4.69. The lowest BCUT2D eigenvalue weighted by atomic mass is 10.2. The zero-order chi connectivity index (χ0) is 19.1. The maximum absolute atomic E-state index is 12.1. The summed E-state index contributed by atoms with van der Waals surface area (Å²) in [5.74, 6) is 1.09. The second-order valence-corrected chi connectivity index (χ2v) is 7.22. The van der Waals surface area contributed by atoms with Crippen molar-refractivity contribution in [2.75, 3.05) is 5.75 Å². The van der Waals surface area contributed by atoms with E-state index in [0.717, 1.165) is 28.5 Å². The molecule has 1 atom stereocenters. The third kappa shape index (κ3) is 5.17. The number of nitrogens with one attached hydrogen (secondary N) is 1. The maximum atomic E-state index is 12.1. The van der Waals surface area contributed by atoms with Crippen LogP contribution in [0.5, 0.6) is 0 Å². The molecule has 140 valence electrons. The van der Waals surface area contributed by atoms with Crippen molar-refractivity contribution in [1.82, 2.24) is 25.1 Å². The van der Waals surface area contributed by atoms with E-state index in [1.165, 1.54) is 11.8 Å². The van der Waals surface area contributed by atoms with Crippen LogP contribution in [-0.4, -0.2) is 37.5 Å². The summed E-state index contributed by atoms with van der Waals surface area (Å²) in [5, 5.41) is 12.4. The van der Waals surface area contributed by atoms with Crippen LogP contribution in [0.4, 0.5) is 0 Å². The summed E-state index contributed by atoms with van der Waals surface area (Å²) in [5.41, 5.74) is 2.10. The zero-order valence-electron chi connectivity index (χ0n) is 15.5. The highest BCUT2D eigenvalue weighted by Crippen LogP contribution is 2.24. The van der Waals surface area contributed by atoms with Gasteiger partial charge in [-0.1, -0.05) is 49.0 Å². The molecule has 1 unspecified atom stereocenters. The Bertz CT molecular complexity index is 867. The number of carbonyl (C=O) groups excluding carboxylic acids is 1. The Kier molecular flexibility index (Phi) is 6.59. The highest BCUT2D eigenvalue weighted by molar-refractivity contribution is 7.99. The smallest absolute Gasteiger partial charge is 0.230 e. The summed E-state index contributed by atoms with van der Waals surface area (Å²) >= 11 is 1.40. The van der Waals surface area contributed by atoms with Crippen molar-refractivity contribution >= 4 is 17.7 Å². The standard InChI is InChI=1S/C20H23N5OS/c1-3-15(2)22-18(26)14-27-20-24-23-19(17-9-11-21-12-10-17)25(20)13-16-7-5-4-6-8-16/h4-12,15H,3,13-14H2,1-2H3,(H,22,26). The number of carbonyl (C=O) groups is 1. The van der Waals surface area contributed by atoms with Crippen molar-refractivity contribution in [3.05, 3.63) is 60.4 Å². The molecular formula is C20H23N5OS. The molecule has 0 saturated heterocycles. The molecule has 3 aromatic rings. The quantitative estimate of drug-likeness (QED) is 0.606. The molecule has 0 bridgehead atoms. The normalized spacial score (nSPS) is 11.9. The van der Waals surface area contributed by atoms with Gasteiger partial charge in [-0.15, -0.1) is 10.2 Å². The Morgan fingerprint density at radius 3 is 2.59 bits per heavy atom. The molecule has 0 aliphatic heterocycles. The molecule has 1 aromatic carbocycles. The van der Waals surface area contributed by atoms with Crippen LogP contribution >= 0.6 is 11.8 Å². The fraction of sp³-hybridized carbons (Fsp3) is 0.300. The molecule has 0 radical (unpaired) electrons. The van der Waals surface area contributed by atoms with Gasteiger partial charge in [-0.25, -0.2) is 0 Å². The predicted molar refractivity (Wildman–Crippen MR) is 107 cm³/mol. The lowest BCUT2D eigenvalue weighted by Crippen LogP contribution is -2.33. The zero-order valence-corrected chi connectivity index (χ0v) is 16.3. The predicted octanol–water partition coefficient (Wildman–Crippen LogP) is 3.40. The Balaban J connectivity index is 1.83. The average Bonchev–Trinajstić information content (AvgIpc) is 3.10. The number of rotatable bonds is 8. The summed E-state index contributed by atoms with van der Waals surface area (Å²) in [6.07, 6.45) is 4.39. The van der Waals surface area contributed by atoms with Crippen LogP contribution in [0.25, 0.3) is 11.4 Å². The van der Waals surface area contributed by atoms with Gasteiger partial charge in [0.2, 0.25) is 5.91 Å². The molecule has 1 amide bonds. The van der Waals surface area contributed by atoms with Crippen LogP contribution in [-0.2, 0) is 11.3 Å². The topological polar surface area (TPSA) is 72.7 Å². The van der Waals surface area contributed by atoms with E-state index in [0.29, 0.717) is 12.3 Å². The Labute approximate surface area is 163 Å². The van der Waals surface area contributed by atoms with Crippen molar-refractivity contribution in [2.24, 2.45) is 0 Å². The van der Waals surface area contributed by atoms with E-state index >= 15 is 0 Å². The summed E-state index contributed by atoms with van der Waals surface area (Å²) < 4.78 is 2.05. The molecule has 3 rings (SSSR count). The number of hydrogen-bond acceptors (Lipinski definition) is 5. The molecule has 1 N–H and O–H groups in total. The second-order valence-electron chi connectivity index (χ2n) is 6.28. The monoisotopic (exact) mass is 381 g/mol. The van der Waals surface area contributed by atoms with Gasteiger partial charge in [0, 0.05) is 24.0 Å². The van der Waals surface area contributed by atoms with Crippen molar-refractivity contribution in [3.63, 3.8) is 0 Å². The Morgan fingerprint density at radius 2 is 1.89 bits per heavy atom. The Morgan fingerprint density at radius 1 is 1.15 bits per heavy atom. The van der Waals surface area contributed by atoms with Gasteiger partial charge in [0.25, 0.3) is 0 Å². The minimum atomic E-state index is 0.00840. The van der Waals surface area contributed by atoms with E-state index in [2.05, 4.69) is 39.6 Å². The molecule has 2 aromatic heterocycles. The highest BCUT2D eigenvalue weighted by Gasteiger charge is 2.16. The van der Waals surface area contributed by atoms with Gasteiger partial charge in [0.15, 0.2) is 11.0 Å². The van der Waals surface area contributed by atoms with E-state index in [1.807, 2.05) is 41.8 Å². The summed E-state index contributed by atoms with van der Waals surface area (Å²) in [6, 6.07) is 14.2. The maximum Gasteiger partial charge on any atom is 0.230 e. The third-order valence-electron chi connectivity index (χ3n) is 4.19. The van der Waals surface area contributed by atoms with E-state index in [4.69, 9.17) is 0 Å². The Hall–Kier alpha value is -2.67. The van der Waals surface area contributed by atoms with Crippen LogP contribution in [0, 0.1) is 0 Å². The number of benzene rings is 1. The molecule has 6 nitrogen and oxygen atoms in total. The number of nitrogens with zero attached hydrogens (tertiary/aromatic N) is 4. The first-order chi connectivity index (χ1) is 13.2. The molecule has 0 aliphatic carbocycles. The first-order valence-electron chi connectivity index (χ1n) is 8.97. The molecule has 0 aliphatic rings. The fourth-order valence-corrected chi connectivity index (χ4v) is 3.32. The summed E-state index contributed by atoms with van der Waals surface area (Å²) in [4.78, 5) is 16.2.